The van der Waals surface area contributed by atoms with E-state index in [0.717, 1.165) is 56.7 Å². The van der Waals surface area contributed by atoms with E-state index in [1.807, 2.05) is 6.07 Å². The summed E-state index contributed by atoms with van der Waals surface area (Å²) in [5.74, 6) is 0.348. The van der Waals surface area contributed by atoms with Crippen molar-refractivity contribution in [1.82, 2.24) is 14.7 Å². The zero-order chi connectivity index (χ0) is 16.1. The fourth-order valence-electron chi connectivity index (χ4n) is 3.38. The molecule has 3 rings (SSSR count). The van der Waals surface area contributed by atoms with Gasteiger partial charge in [0.15, 0.2) is 0 Å². The van der Waals surface area contributed by atoms with Crippen LogP contribution in [-0.4, -0.2) is 66.4 Å². The van der Waals surface area contributed by atoms with Crippen LogP contribution in [0.5, 0.6) is 0 Å². The second kappa shape index (κ2) is 8.47. The molecule has 0 spiro atoms. The molecule has 23 heavy (non-hydrogen) atoms. The second-order valence-electron chi connectivity index (χ2n) is 6.52. The lowest BCUT2D eigenvalue weighted by Crippen LogP contribution is -2.47. The molecule has 0 saturated carbocycles. The maximum absolute atomic E-state index is 12.2. The van der Waals surface area contributed by atoms with E-state index < -0.39 is 0 Å². The number of carbonyl (C=O) groups is 1. The number of rotatable bonds is 5. The molecule has 0 N–H and O–H groups in total. The predicted molar refractivity (Wildman–Crippen MR) is 96.1 cm³/mol. The quantitative estimate of drug-likeness (QED) is 0.812. The highest BCUT2D eigenvalue weighted by Gasteiger charge is 2.20. The Kier molecular flexibility index (Phi) is 6.34. The van der Waals surface area contributed by atoms with Crippen molar-refractivity contribution in [3.8, 4) is 0 Å². The maximum Gasteiger partial charge on any atom is 0.223 e. The summed E-state index contributed by atoms with van der Waals surface area (Å²) < 4.78 is 0.870. The van der Waals surface area contributed by atoms with Crippen LogP contribution in [0.1, 0.15) is 30.6 Å². The Balaban J connectivity index is 1.35. The van der Waals surface area contributed by atoms with Gasteiger partial charge < -0.3 is 9.80 Å². The first kappa shape index (κ1) is 17.2. The first-order chi connectivity index (χ1) is 11.2. The Hall–Kier alpha value is -0.620. The molecular formula is C17H26ClN3OS. The Morgan fingerprint density at radius 1 is 1.00 bits per heavy atom. The van der Waals surface area contributed by atoms with Crippen LogP contribution in [0.2, 0.25) is 4.34 Å². The van der Waals surface area contributed by atoms with Crippen LogP contribution in [0.25, 0.3) is 0 Å². The number of carbonyl (C=O) groups excluding carboxylic acids is 1. The molecule has 1 aromatic rings. The van der Waals surface area contributed by atoms with Gasteiger partial charge in [-0.1, -0.05) is 11.6 Å². The molecule has 1 aromatic heterocycles. The van der Waals surface area contributed by atoms with E-state index >= 15 is 0 Å². The standard InChI is InChI=1S/C17H26ClN3OS/c18-16-5-4-15(23-16)14-20-12-10-19(11-13-20)9-6-17(22)21-7-2-1-3-8-21/h4-5H,1-3,6-14H2. The minimum Gasteiger partial charge on any atom is -0.343 e. The van der Waals surface area contributed by atoms with Crippen LogP contribution < -0.4 is 0 Å². The van der Waals surface area contributed by atoms with Gasteiger partial charge in [0.1, 0.15) is 0 Å². The Labute approximate surface area is 148 Å². The SMILES string of the molecule is O=C(CCN1CCN(Cc2ccc(Cl)s2)CC1)N1CCCCC1. The lowest BCUT2D eigenvalue weighted by molar-refractivity contribution is -0.132. The van der Waals surface area contributed by atoms with Crippen molar-refractivity contribution in [3.05, 3.63) is 21.3 Å². The summed E-state index contributed by atoms with van der Waals surface area (Å²) >= 11 is 7.66. The third kappa shape index (κ3) is 5.18. The number of thiophene rings is 1. The van der Waals surface area contributed by atoms with E-state index in [0.29, 0.717) is 12.3 Å². The number of hydrogen-bond donors (Lipinski definition) is 0. The van der Waals surface area contributed by atoms with Gasteiger partial charge in [-0.05, 0) is 31.4 Å². The molecule has 0 atom stereocenters. The average Bonchev–Trinajstić information content (AvgIpc) is 2.99. The van der Waals surface area contributed by atoms with Gasteiger partial charge in [0.25, 0.3) is 0 Å². The zero-order valence-corrected chi connectivity index (χ0v) is 15.2. The van der Waals surface area contributed by atoms with Crippen LogP contribution in [0, 0.1) is 0 Å². The average molecular weight is 356 g/mol. The van der Waals surface area contributed by atoms with Gasteiger partial charge in [-0.25, -0.2) is 0 Å². The molecule has 3 heterocycles. The van der Waals surface area contributed by atoms with Crippen molar-refractivity contribution in [2.45, 2.75) is 32.2 Å². The molecule has 2 saturated heterocycles. The third-order valence-corrected chi connectivity index (χ3v) is 6.04. The number of piperidine rings is 1. The first-order valence-corrected chi connectivity index (χ1v) is 9.87. The summed E-state index contributed by atoms with van der Waals surface area (Å²) in [6, 6.07) is 4.10. The number of halogens is 1. The van der Waals surface area contributed by atoms with E-state index in [1.54, 1.807) is 11.3 Å². The van der Waals surface area contributed by atoms with E-state index in [1.165, 1.54) is 24.1 Å². The van der Waals surface area contributed by atoms with Crippen LogP contribution in [-0.2, 0) is 11.3 Å². The molecule has 2 fully saturated rings. The summed E-state index contributed by atoms with van der Waals surface area (Å²) in [6.45, 7) is 8.12. The fourth-order valence-corrected chi connectivity index (χ4v) is 4.51. The highest BCUT2D eigenvalue weighted by molar-refractivity contribution is 7.16. The van der Waals surface area contributed by atoms with Gasteiger partial charge in [-0.15, -0.1) is 11.3 Å². The highest BCUT2D eigenvalue weighted by atomic mass is 35.5. The van der Waals surface area contributed by atoms with Crippen molar-refractivity contribution in [3.63, 3.8) is 0 Å². The first-order valence-electron chi connectivity index (χ1n) is 8.67. The maximum atomic E-state index is 12.2. The van der Waals surface area contributed by atoms with Gasteiger partial charge in [0, 0.05) is 63.7 Å². The van der Waals surface area contributed by atoms with E-state index in [4.69, 9.17) is 11.6 Å². The molecule has 0 radical (unpaired) electrons. The number of likely N-dealkylation sites (tertiary alicyclic amines) is 1. The van der Waals surface area contributed by atoms with Crippen LogP contribution in [0.4, 0.5) is 0 Å². The van der Waals surface area contributed by atoms with Gasteiger partial charge in [-0.2, -0.15) is 0 Å². The third-order valence-electron chi connectivity index (χ3n) is 4.82. The van der Waals surface area contributed by atoms with Crippen molar-refractivity contribution in [1.29, 1.82) is 0 Å². The number of hydrogen-bond acceptors (Lipinski definition) is 4. The van der Waals surface area contributed by atoms with E-state index in [-0.39, 0.29) is 0 Å². The monoisotopic (exact) mass is 355 g/mol. The summed E-state index contributed by atoms with van der Waals surface area (Å²) in [5.41, 5.74) is 0. The van der Waals surface area contributed by atoms with Gasteiger partial charge >= 0.3 is 0 Å². The molecule has 6 heteroatoms. The number of nitrogens with zero attached hydrogens (tertiary/aromatic N) is 3. The van der Waals surface area contributed by atoms with Crippen molar-refractivity contribution in [2.24, 2.45) is 0 Å². The van der Waals surface area contributed by atoms with Crippen LogP contribution in [0.15, 0.2) is 12.1 Å². The lowest BCUT2D eigenvalue weighted by atomic mass is 10.1. The molecule has 128 valence electrons. The highest BCUT2D eigenvalue weighted by Crippen LogP contribution is 2.23. The largest absolute Gasteiger partial charge is 0.343 e. The van der Waals surface area contributed by atoms with Crippen LogP contribution >= 0.6 is 22.9 Å². The number of amides is 1. The molecule has 0 aromatic carbocycles. The summed E-state index contributed by atoms with van der Waals surface area (Å²) in [7, 11) is 0. The normalized spacial score (nSPS) is 20.8. The Morgan fingerprint density at radius 3 is 2.35 bits per heavy atom. The summed E-state index contributed by atoms with van der Waals surface area (Å²) in [5, 5.41) is 0. The minimum absolute atomic E-state index is 0.348. The smallest absolute Gasteiger partial charge is 0.223 e. The molecule has 0 bridgehead atoms. The molecule has 2 aliphatic rings. The molecule has 0 aliphatic carbocycles. The Morgan fingerprint density at radius 2 is 1.70 bits per heavy atom. The molecule has 4 nitrogen and oxygen atoms in total. The zero-order valence-electron chi connectivity index (χ0n) is 13.7. The molecule has 2 aliphatic heterocycles. The van der Waals surface area contributed by atoms with Gasteiger partial charge in [0.05, 0.1) is 4.34 Å². The fraction of sp³-hybridized carbons (Fsp3) is 0.706. The molecular weight excluding hydrogens is 330 g/mol. The lowest BCUT2D eigenvalue weighted by Gasteiger charge is -2.35. The minimum atomic E-state index is 0.348. The topological polar surface area (TPSA) is 26.8 Å². The summed E-state index contributed by atoms with van der Waals surface area (Å²) in [6.07, 6.45) is 4.32. The van der Waals surface area contributed by atoms with Crippen molar-refractivity contribution < 1.29 is 4.79 Å². The van der Waals surface area contributed by atoms with Crippen LogP contribution in [0.3, 0.4) is 0 Å². The number of piperazine rings is 1. The van der Waals surface area contributed by atoms with Gasteiger partial charge in [-0.3, -0.25) is 9.69 Å². The molecule has 0 unspecified atom stereocenters. The van der Waals surface area contributed by atoms with Crippen molar-refractivity contribution in [2.75, 3.05) is 45.8 Å². The molecule has 1 amide bonds. The van der Waals surface area contributed by atoms with Crippen molar-refractivity contribution >= 4 is 28.8 Å². The summed E-state index contributed by atoms with van der Waals surface area (Å²) in [4.78, 5) is 20.5. The second-order valence-corrected chi connectivity index (χ2v) is 8.31. The van der Waals surface area contributed by atoms with E-state index in [2.05, 4.69) is 20.8 Å². The van der Waals surface area contributed by atoms with Gasteiger partial charge in [0.2, 0.25) is 5.91 Å². The van der Waals surface area contributed by atoms with E-state index in [9.17, 15) is 4.79 Å². The predicted octanol–water partition coefficient (Wildman–Crippen LogP) is 2.92. The Bertz CT molecular complexity index is 508.